The van der Waals surface area contributed by atoms with Crippen molar-refractivity contribution in [3.8, 4) is 0 Å². The van der Waals surface area contributed by atoms with Crippen LogP contribution in [0.25, 0.3) is 0 Å². The second kappa shape index (κ2) is 5.25. The molecule has 0 aliphatic heterocycles. The summed E-state index contributed by atoms with van der Waals surface area (Å²) in [7, 11) is 0. The summed E-state index contributed by atoms with van der Waals surface area (Å²) in [4.78, 5) is 11.7. The monoisotopic (exact) mass is 272 g/mol. The van der Waals surface area contributed by atoms with E-state index < -0.39 is 0 Å². The Bertz CT molecular complexity index is 416. The van der Waals surface area contributed by atoms with E-state index in [1.54, 1.807) is 18.2 Å². The van der Waals surface area contributed by atoms with Gasteiger partial charge in [-0.3, -0.25) is 4.79 Å². The van der Waals surface area contributed by atoms with Crippen molar-refractivity contribution in [1.29, 1.82) is 0 Å². The molecule has 17 heavy (non-hydrogen) atoms. The van der Waals surface area contributed by atoms with Gasteiger partial charge in [-0.15, -0.1) is 0 Å². The van der Waals surface area contributed by atoms with E-state index in [1.165, 1.54) is 0 Å². The van der Waals surface area contributed by atoms with Crippen molar-refractivity contribution in [2.45, 2.75) is 19.4 Å². The molecule has 0 radical (unpaired) electrons. The number of rotatable bonds is 4. The van der Waals surface area contributed by atoms with Gasteiger partial charge in [0, 0.05) is 6.04 Å². The predicted molar refractivity (Wildman–Crippen MR) is 70.7 cm³/mol. The van der Waals surface area contributed by atoms with Gasteiger partial charge in [0.2, 0.25) is 5.91 Å². The largest absolute Gasteiger partial charge is 0.322 e. The van der Waals surface area contributed by atoms with Crippen LogP contribution in [0.3, 0.4) is 0 Å². The lowest BCUT2D eigenvalue weighted by molar-refractivity contribution is -0.115. The lowest BCUT2D eigenvalue weighted by Gasteiger charge is -2.09. The molecule has 1 aliphatic carbocycles. The third-order valence-corrected chi connectivity index (χ3v) is 3.49. The molecule has 1 aromatic carbocycles. The lowest BCUT2D eigenvalue weighted by atomic mass is 10.3. The van der Waals surface area contributed by atoms with Gasteiger partial charge in [-0.1, -0.05) is 36.2 Å². The second-order valence-electron chi connectivity index (χ2n) is 4.35. The first-order valence-electron chi connectivity index (χ1n) is 5.55. The number of para-hydroxylation sites is 1. The van der Waals surface area contributed by atoms with Gasteiger partial charge in [-0.2, -0.15) is 0 Å². The Morgan fingerprint density at radius 2 is 2.00 bits per heavy atom. The summed E-state index contributed by atoms with van der Waals surface area (Å²) in [6.45, 7) is 2.44. The number of hydrogen-bond acceptors (Lipinski definition) is 2. The van der Waals surface area contributed by atoms with Crippen LogP contribution in [0.2, 0.25) is 10.0 Å². The number of hydrogen-bond donors (Lipinski definition) is 2. The molecule has 0 saturated heterocycles. The van der Waals surface area contributed by atoms with Gasteiger partial charge in [0.1, 0.15) is 0 Å². The Kier molecular flexibility index (Phi) is 3.92. The summed E-state index contributed by atoms with van der Waals surface area (Å²) in [6.07, 6.45) is 1.14. The molecule has 1 fully saturated rings. The zero-order valence-corrected chi connectivity index (χ0v) is 11.0. The first kappa shape index (κ1) is 12.7. The van der Waals surface area contributed by atoms with Gasteiger partial charge in [0.25, 0.3) is 0 Å². The summed E-state index contributed by atoms with van der Waals surface area (Å²) in [5.41, 5.74) is 0.478. The summed E-state index contributed by atoms with van der Waals surface area (Å²) in [5, 5.41) is 6.78. The number of carbonyl (C=O) groups is 1. The highest BCUT2D eigenvalue weighted by molar-refractivity contribution is 6.39. The van der Waals surface area contributed by atoms with E-state index in [1.807, 2.05) is 0 Å². The van der Waals surface area contributed by atoms with Crippen LogP contribution in [-0.4, -0.2) is 18.5 Å². The first-order chi connectivity index (χ1) is 8.08. The van der Waals surface area contributed by atoms with E-state index in [-0.39, 0.29) is 12.5 Å². The summed E-state index contributed by atoms with van der Waals surface area (Å²) in [5.74, 6) is 0.547. The molecular weight excluding hydrogens is 259 g/mol. The molecule has 0 bridgehead atoms. The average molecular weight is 273 g/mol. The van der Waals surface area contributed by atoms with Crippen molar-refractivity contribution in [3.63, 3.8) is 0 Å². The standard InChI is InChI=1S/C12H14Cl2N2O/c1-7-5-10(7)15-6-11(17)16-12-8(13)3-2-4-9(12)14/h2-4,7,10,15H,5-6H2,1H3,(H,16,17). The average Bonchev–Trinajstić information content (AvgIpc) is 2.97. The molecule has 5 heteroatoms. The second-order valence-corrected chi connectivity index (χ2v) is 5.16. The third kappa shape index (κ3) is 3.35. The van der Waals surface area contributed by atoms with Crippen LogP contribution < -0.4 is 10.6 Å². The van der Waals surface area contributed by atoms with E-state index in [0.29, 0.717) is 27.7 Å². The minimum atomic E-state index is -0.126. The van der Waals surface area contributed by atoms with Gasteiger partial charge in [0.05, 0.1) is 22.3 Å². The fourth-order valence-corrected chi connectivity index (χ4v) is 2.12. The van der Waals surface area contributed by atoms with Crippen molar-refractivity contribution in [1.82, 2.24) is 5.32 Å². The first-order valence-corrected chi connectivity index (χ1v) is 6.30. The summed E-state index contributed by atoms with van der Waals surface area (Å²) < 4.78 is 0. The summed E-state index contributed by atoms with van der Waals surface area (Å²) >= 11 is 11.9. The maximum atomic E-state index is 11.7. The molecule has 1 amide bonds. The number of benzene rings is 1. The van der Waals surface area contributed by atoms with E-state index in [0.717, 1.165) is 6.42 Å². The van der Waals surface area contributed by atoms with E-state index in [2.05, 4.69) is 17.6 Å². The van der Waals surface area contributed by atoms with Crippen molar-refractivity contribution in [3.05, 3.63) is 28.2 Å². The Morgan fingerprint density at radius 3 is 2.53 bits per heavy atom. The normalized spacial score (nSPS) is 22.3. The van der Waals surface area contributed by atoms with Crippen LogP contribution in [0.4, 0.5) is 5.69 Å². The number of nitrogens with one attached hydrogen (secondary N) is 2. The maximum Gasteiger partial charge on any atom is 0.238 e. The topological polar surface area (TPSA) is 41.1 Å². The molecule has 2 N–H and O–H groups in total. The Balaban J connectivity index is 1.89. The minimum Gasteiger partial charge on any atom is -0.322 e. The lowest BCUT2D eigenvalue weighted by Crippen LogP contribution is -2.30. The smallest absolute Gasteiger partial charge is 0.238 e. The molecule has 0 aromatic heterocycles. The van der Waals surface area contributed by atoms with E-state index >= 15 is 0 Å². The fourth-order valence-electron chi connectivity index (χ4n) is 1.63. The van der Waals surface area contributed by atoms with Crippen LogP contribution in [0, 0.1) is 5.92 Å². The zero-order valence-electron chi connectivity index (χ0n) is 9.47. The molecule has 1 saturated carbocycles. The Labute approximate surface area is 110 Å². The van der Waals surface area contributed by atoms with Crippen molar-refractivity contribution in [2.75, 3.05) is 11.9 Å². The molecule has 2 atom stereocenters. The van der Waals surface area contributed by atoms with Gasteiger partial charge >= 0.3 is 0 Å². The number of amides is 1. The highest BCUT2D eigenvalue weighted by Crippen LogP contribution is 2.30. The molecule has 0 spiro atoms. The Hall–Kier alpha value is -0.770. The van der Waals surface area contributed by atoms with Crippen LogP contribution in [0.1, 0.15) is 13.3 Å². The zero-order chi connectivity index (χ0) is 12.4. The minimum absolute atomic E-state index is 0.126. The molecule has 92 valence electrons. The van der Waals surface area contributed by atoms with Crippen molar-refractivity contribution in [2.24, 2.45) is 5.92 Å². The number of carbonyl (C=O) groups excluding carboxylic acids is 1. The predicted octanol–water partition coefficient (Wildman–Crippen LogP) is 2.93. The van der Waals surface area contributed by atoms with E-state index in [9.17, 15) is 4.79 Å². The molecule has 1 aromatic rings. The van der Waals surface area contributed by atoms with Gasteiger partial charge in [-0.25, -0.2) is 0 Å². The summed E-state index contributed by atoms with van der Waals surface area (Å²) in [6, 6.07) is 5.60. The van der Waals surface area contributed by atoms with Gasteiger partial charge in [-0.05, 0) is 24.5 Å². The van der Waals surface area contributed by atoms with Crippen LogP contribution in [-0.2, 0) is 4.79 Å². The highest BCUT2D eigenvalue weighted by Gasteiger charge is 2.32. The highest BCUT2D eigenvalue weighted by atomic mass is 35.5. The molecular formula is C12H14Cl2N2O. The van der Waals surface area contributed by atoms with Crippen molar-refractivity contribution < 1.29 is 4.79 Å². The SMILES string of the molecule is CC1CC1NCC(=O)Nc1c(Cl)cccc1Cl. The molecule has 1 aliphatic rings. The molecule has 2 unspecified atom stereocenters. The quantitative estimate of drug-likeness (QED) is 0.885. The molecule has 3 nitrogen and oxygen atoms in total. The molecule has 2 rings (SSSR count). The van der Waals surface area contributed by atoms with Gasteiger partial charge in [0.15, 0.2) is 0 Å². The van der Waals surface area contributed by atoms with Crippen LogP contribution in [0.5, 0.6) is 0 Å². The third-order valence-electron chi connectivity index (χ3n) is 2.86. The molecule has 0 heterocycles. The number of halogens is 2. The van der Waals surface area contributed by atoms with Crippen LogP contribution in [0.15, 0.2) is 18.2 Å². The van der Waals surface area contributed by atoms with Crippen LogP contribution >= 0.6 is 23.2 Å². The fraction of sp³-hybridized carbons (Fsp3) is 0.417. The van der Waals surface area contributed by atoms with E-state index in [4.69, 9.17) is 23.2 Å². The number of anilines is 1. The van der Waals surface area contributed by atoms with Crippen molar-refractivity contribution >= 4 is 34.8 Å². The van der Waals surface area contributed by atoms with Gasteiger partial charge < -0.3 is 10.6 Å². The maximum absolute atomic E-state index is 11.7. The Morgan fingerprint density at radius 1 is 1.41 bits per heavy atom.